The van der Waals surface area contributed by atoms with Gasteiger partial charge in [0.15, 0.2) is 16.8 Å². The molecular formula is C14H9ClF5NOS. The maximum atomic E-state index is 13.9. The molecule has 23 heavy (non-hydrogen) atoms. The summed E-state index contributed by atoms with van der Waals surface area (Å²) in [4.78, 5) is -0.608. The van der Waals surface area contributed by atoms with Crippen molar-refractivity contribution >= 4 is 28.3 Å². The Balaban J connectivity index is 2.41. The van der Waals surface area contributed by atoms with E-state index in [0.717, 1.165) is 31.2 Å². The molecule has 1 atom stereocenters. The molecule has 2 aromatic carbocycles. The molecule has 1 unspecified atom stereocenters. The van der Waals surface area contributed by atoms with E-state index in [-0.39, 0.29) is 16.3 Å². The number of anilines is 1. The first kappa shape index (κ1) is 17.7. The van der Waals surface area contributed by atoms with Gasteiger partial charge in [-0.25, -0.2) is 13.0 Å². The molecule has 0 spiro atoms. The molecule has 1 N–H and O–H groups in total. The third-order valence-corrected chi connectivity index (χ3v) is 4.37. The number of halogens is 6. The zero-order valence-electron chi connectivity index (χ0n) is 11.5. The molecule has 0 aliphatic heterocycles. The highest BCUT2D eigenvalue weighted by Gasteiger charge is 2.35. The second-order valence-electron chi connectivity index (χ2n) is 4.54. The molecule has 2 rings (SSSR count). The van der Waals surface area contributed by atoms with Gasteiger partial charge in [0.2, 0.25) is 0 Å². The number of nitrogens with one attached hydrogen (secondary N) is 1. The molecule has 0 radical (unpaired) electrons. The molecule has 2 nitrogen and oxygen atoms in total. The maximum Gasteiger partial charge on any atom is 0.417 e. The Kier molecular flexibility index (Phi) is 4.95. The molecular weight excluding hydrogens is 361 g/mol. The Bertz CT molecular complexity index is 778. The molecule has 0 bridgehead atoms. The Morgan fingerprint density at radius 2 is 1.78 bits per heavy atom. The summed E-state index contributed by atoms with van der Waals surface area (Å²) in [6.07, 6.45) is -4.78. The fraction of sp³-hybridized carbons (Fsp3) is 0.143. The lowest BCUT2D eigenvalue weighted by molar-refractivity contribution is -0.139. The average molecular weight is 370 g/mol. The van der Waals surface area contributed by atoms with Gasteiger partial charge in [-0.05, 0) is 37.3 Å². The van der Waals surface area contributed by atoms with Gasteiger partial charge in [0.1, 0.15) is 5.82 Å². The van der Waals surface area contributed by atoms with Crippen LogP contribution in [-0.2, 0) is 17.2 Å². The Morgan fingerprint density at radius 3 is 2.39 bits per heavy atom. The molecule has 0 heterocycles. The minimum absolute atomic E-state index is 0.179. The molecule has 0 aliphatic rings. The van der Waals surface area contributed by atoms with Gasteiger partial charge in [-0.15, -0.1) is 0 Å². The van der Waals surface area contributed by atoms with Crippen LogP contribution in [0.3, 0.4) is 0 Å². The summed E-state index contributed by atoms with van der Waals surface area (Å²) in [7, 11) is -2.42. The predicted molar refractivity (Wildman–Crippen MR) is 77.6 cm³/mol. The van der Waals surface area contributed by atoms with Crippen molar-refractivity contribution in [2.75, 3.05) is 4.72 Å². The van der Waals surface area contributed by atoms with Crippen molar-refractivity contribution in [3.05, 3.63) is 58.1 Å². The fourth-order valence-corrected chi connectivity index (χ4v) is 2.99. The molecule has 0 amide bonds. The zero-order chi connectivity index (χ0) is 17.4. The van der Waals surface area contributed by atoms with Crippen LogP contribution in [0.15, 0.2) is 35.2 Å². The van der Waals surface area contributed by atoms with Gasteiger partial charge < -0.3 is 0 Å². The first-order chi connectivity index (χ1) is 10.6. The highest BCUT2D eigenvalue weighted by molar-refractivity contribution is 7.86. The van der Waals surface area contributed by atoms with Gasteiger partial charge in [0.05, 0.1) is 16.1 Å². The Hall–Kier alpha value is -1.67. The van der Waals surface area contributed by atoms with E-state index in [0.29, 0.717) is 6.07 Å². The fourth-order valence-electron chi connectivity index (χ4n) is 1.78. The Labute approximate surface area is 135 Å². The van der Waals surface area contributed by atoms with Gasteiger partial charge in [0.25, 0.3) is 0 Å². The standard InChI is InChI=1S/C14H9ClF5NOS/c1-7-10(16)3-4-11(13(7)17)21-23(22)12-5-2-8(15)6-9(12)14(18,19)20/h2-6,21H,1H3. The van der Waals surface area contributed by atoms with E-state index in [1.54, 1.807) is 0 Å². The van der Waals surface area contributed by atoms with Crippen LogP contribution in [0.1, 0.15) is 11.1 Å². The molecule has 2 aromatic rings. The number of rotatable bonds is 3. The predicted octanol–water partition coefficient (Wildman–Crippen LogP) is 5.08. The van der Waals surface area contributed by atoms with E-state index in [4.69, 9.17) is 11.6 Å². The van der Waals surface area contributed by atoms with Crippen molar-refractivity contribution in [3.63, 3.8) is 0 Å². The number of hydrogen-bond donors (Lipinski definition) is 1. The van der Waals surface area contributed by atoms with E-state index in [1.807, 2.05) is 0 Å². The van der Waals surface area contributed by atoms with Crippen molar-refractivity contribution in [2.45, 2.75) is 18.0 Å². The molecule has 0 aromatic heterocycles. The third-order valence-electron chi connectivity index (χ3n) is 2.97. The summed E-state index contributed by atoms with van der Waals surface area (Å²) in [5, 5.41) is -0.179. The van der Waals surface area contributed by atoms with Gasteiger partial charge in [-0.1, -0.05) is 11.6 Å². The van der Waals surface area contributed by atoms with Gasteiger partial charge in [0, 0.05) is 10.6 Å². The molecule has 9 heteroatoms. The lowest BCUT2D eigenvalue weighted by Crippen LogP contribution is -2.14. The maximum absolute atomic E-state index is 13.9. The normalized spacial score (nSPS) is 13.0. The summed E-state index contributed by atoms with van der Waals surface area (Å²) in [5.41, 5.74) is -1.90. The lowest BCUT2D eigenvalue weighted by atomic mass is 10.2. The van der Waals surface area contributed by atoms with Crippen LogP contribution in [0.5, 0.6) is 0 Å². The average Bonchev–Trinajstić information content (AvgIpc) is 2.47. The smallest absolute Gasteiger partial charge is 0.298 e. The van der Waals surface area contributed by atoms with Crippen LogP contribution in [-0.4, -0.2) is 4.21 Å². The van der Waals surface area contributed by atoms with Crippen molar-refractivity contribution in [1.82, 2.24) is 0 Å². The Morgan fingerprint density at radius 1 is 1.13 bits per heavy atom. The summed E-state index contributed by atoms with van der Waals surface area (Å²) in [5.74, 6) is -1.85. The van der Waals surface area contributed by atoms with Crippen LogP contribution >= 0.6 is 11.6 Å². The van der Waals surface area contributed by atoms with E-state index in [9.17, 15) is 26.2 Å². The van der Waals surface area contributed by atoms with Crippen molar-refractivity contribution in [2.24, 2.45) is 0 Å². The molecule has 0 fully saturated rings. The molecule has 0 saturated carbocycles. The lowest BCUT2D eigenvalue weighted by Gasteiger charge is -2.14. The van der Waals surface area contributed by atoms with Crippen LogP contribution < -0.4 is 4.72 Å². The van der Waals surface area contributed by atoms with Crippen LogP contribution in [0.4, 0.5) is 27.6 Å². The van der Waals surface area contributed by atoms with Crippen LogP contribution in [0, 0.1) is 18.6 Å². The monoisotopic (exact) mass is 369 g/mol. The largest absolute Gasteiger partial charge is 0.417 e. The molecule has 0 aliphatic carbocycles. The number of hydrogen-bond acceptors (Lipinski definition) is 1. The van der Waals surface area contributed by atoms with E-state index >= 15 is 0 Å². The van der Waals surface area contributed by atoms with Crippen molar-refractivity contribution in [3.8, 4) is 0 Å². The van der Waals surface area contributed by atoms with E-state index in [2.05, 4.69) is 4.72 Å². The second-order valence-corrected chi connectivity index (χ2v) is 6.16. The first-order valence-electron chi connectivity index (χ1n) is 6.11. The van der Waals surface area contributed by atoms with Gasteiger partial charge >= 0.3 is 6.18 Å². The SMILES string of the molecule is Cc1c(F)ccc(NS(=O)c2ccc(Cl)cc2C(F)(F)F)c1F. The minimum atomic E-state index is -4.78. The first-order valence-corrected chi connectivity index (χ1v) is 7.64. The van der Waals surface area contributed by atoms with Crippen molar-refractivity contribution in [1.29, 1.82) is 0 Å². The third kappa shape index (κ3) is 3.81. The summed E-state index contributed by atoms with van der Waals surface area (Å²) in [6.45, 7) is 1.15. The highest BCUT2D eigenvalue weighted by atomic mass is 35.5. The van der Waals surface area contributed by atoms with E-state index < -0.39 is 39.3 Å². The summed E-state index contributed by atoms with van der Waals surface area (Å²) >= 11 is 5.53. The molecule has 0 saturated heterocycles. The van der Waals surface area contributed by atoms with Crippen molar-refractivity contribution < 1.29 is 26.2 Å². The highest BCUT2D eigenvalue weighted by Crippen LogP contribution is 2.35. The molecule has 124 valence electrons. The number of benzene rings is 2. The number of alkyl halides is 3. The summed E-state index contributed by atoms with van der Waals surface area (Å²) < 4.78 is 80.2. The minimum Gasteiger partial charge on any atom is -0.298 e. The van der Waals surface area contributed by atoms with Gasteiger partial charge in [-0.3, -0.25) is 4.72 Å². The van der Waals surface area contributed by atoms with Gasteiger partial charge in [-0.2, -0.15) is 13.2 Å². The van der Waals surface area contributed by atoms with E-state index in [1.165, 1.54) is 0 Å². The topological polar surface area (TPSA) is 29.1 Å². The summed E-state index contributed by atoms with van der Waals surface area (Å²) in [6, 6.07) is 4.58. The quantitative estimate of drug-likeness (QED) is 0.751. The zero-order valence-corrected chi connectivity index (χ0v) is 13.0. The second kappa shape index (κ2) is 6.45. The van der Waals surface area contributed by atoms with Crippen LogP contribution in [0.2, 0.25) is 5.02 Å². The van der Waals surface area contributed by atoms with Crippen LogP contribution in [0.25, 0.3) is 0 Å².